The Morgan fingerprint density at radius 2 is 2.00 bits per heavy atom. The van der Waals surface area contributed by atoms with Crippen molar-refractivity contribution in [3.63, 3.8) is 0 Å². The van der Waals surface area contributed by atoms with E-state index in [-0.39, 0.29) is 18.2 Å². The molecular weight excluding hydrogens is 242 g/mol. The molecule has 4 heteroatoms. The fourth-order valence-corrected chi connectivity index (χ4v) is 1.59. The first-order valence-corrected chi connectivity index (χ1v) is 6.52. The van der Waals surface area contributed by atoms with Gasteiger partial charge in [-0.2, -0.15) is 0 Å². The fourth-order valence-electron chi connectivity index (χ4n) is 1.59. The van der Waals surface area contributed by atoms with Crippen molar-refractivity contribution >= 4 is 5.97 Å². The van der Waals surface area contributed by atoms with E-state index in [9.17, 15) is 4.79 Å². The summed E-state index contributed by atoms with van der Waals surface area (Å²) in [7, 11) is 0. The lowest BCUT2D eigenvalue weighted by Crippen LogP contribution is -2.22. The van der Waals surface area contributed by atoms with E-state index < -0.39 is 0 Å². The van der Waals surface area contributed by atoms with Crippen LogP contribution in [-0.4, -0.2) is 31.3 Å². The fraction of sp³-hybridized carbons (Fsp3) is 0.533. The largest absolute Gasteiger partial charge is 0.460 e. The second kappa shape index (κ2) is 7.26. The molecule has 1 aromatic rings. The van der Waals surface area contributed by atoms with Crippen molar-refractivity contribution in [3.05, 3.63) is 35.4 Å². The van der Waals surface area contributed by atoms with Crippen molar-refractivity contribution in [1.82, 2.24) is 0 Å². The minimum atomic E-state index is -0.323. The summed E-state index contributed by atoms with van der Waals surface area (Å²) in [6, 6.07) is 7.35. The van der Waals surface area contributed by atoms with E-state index in [0.29, 0.717) is 18.7 Å². The molecule has 0 bridgehead atoms. The van der Waals surface area contributed by atoms with Crippen LogP contribution in [0.3, 0.4) is 0 Å². The molecular formula is C15H23NO3. The van der Waals surface area contributed by atoms with Crippen molar-refractivity contribution in [2.75, 3.05) is 19.8 Å². The summed E-state index contributed by atoms with van der Waals surface area (Å²) in [6.07, 6.45) is 0.758. The quantitative estimate of drug-likeness (QED) is 0.632. The number of esters is 1. The normalized spacial score (nSPS) is 11.4. The Labute approximate surface area is 114 Å². The molecule has 0 aliphatic heterocycles. The molecule has 19 heavy (non-hydrogen) atoms. The molecule has 0 amide bonds. The topological polar surface area (TPSA) is 61.5 Å². The number of carbonyl (C=O) groups is 1. The van der Waals surface area contributed by atoms with Gasteiger partial charge in [0.1, 0.15) is 6.61 Å². The second-order valence-corrected chi connectivity index (χ2v) is 5.34. The third-order valence-electron chi connectivity index (χ3n) is 2.45. The maximum absolute atomic E-state index is 11.8. The van der Waals surface area contributed by atoms with Gasteiger partial charge in [-0.05, 0) is 51.4 Å². The molecule has 106 valence electrons. The van der Waals surface area contributed by atoms with Gasteiger partial charge in [0, 0.05) is 0 Å². The van der Waals surface area contributed by atoms with E-state index in [1.54, 1.807) is 6.07 Å². The van der Waals surface area contributed by atoms with Gasteiger partial charge in [0.2, 0.25) is 0 Å². The smallest absolute Gasteiger partial charge is 0.338 e. The van der Waals surface area contributed by atoms with Gasteiger partial charge in [0.05, 0.1) is 17.8 Å². The Balaban J connectivity index is 2.43. The van der Waals surface area contributed by atoms with Crippen LogP contribution in [0.25, 0.3) is 0 Å². The molecule has 0 fully saturated rings. The Bertz CT molecular complexity index is 410. The van der Waals surface area contributed by atoms with Gasteiger partial charge in [0.25, 0.3) is 0 Å². The van der Waals surface area contributed by atoms with Gasteiger partial charge in [-0.1, -0.05) is 12.1 Å². The van der Waals surface area contributed by atoms with Gasteiger partial charge in [0.15, 0.2) is 0 Å². The Kier molecular flexibility index (Phi) is 5.99. The van der Waals surface area contributed by atoms with E-state index in [1.807, 2.05) is 39.0 Å². The zero-order valence-corrected chi connectivity index (χ0v) is 11.9. The molecule has 0 saturated heterocycles. The third-order valence-corrected chi connectivity index (χ3v) is 2.45. The molecule has 4 nitrogen and oxygen atoms in total. The first-order chi connectivity index (χ1) is 8.92. The summed E-state index contributed by atoms with van der Waals surface area (Å²) in [5.41, 5.74) is 6.88. The van der Waals surface area contributed by atoms with Crippen LogP contribution in [0, 0.1) is 0 Å². The van der Waals surface area contributed by atoms with Crippen molar-refractivity contribution in [2.24, 2.45) is 5.73 Å². The Hall–Kier alpha value is -1.39. The van der Waals surface area contributed by atoms with Crippen LogP contribution in [0.4, 0.5) is 0 Å². The number of nitrogens with two attached hydrogens (primary N) is 1. The first kappa shape index (κ1) is 15.7. The van der Waals surface area contributed by atoms with Crippen LogP contribution < -0.4 is 5.73 Å². The standard InChI is InChI=1S/C15H23NO3/c1-15(2,3)19-10-9-18-14(17)13-6-4-5-12(11-13)7-8-16/h4-6,11H,7-10,16H2,1-3H3. The van der Waals surface area contributed by atoms with E-state index in [4.69, 9.17) is 15.2 Å². The van der Waals surface area contributed by atoms with Crippen molar-refractivity contribution in [2.45, 2.75) is 32.8 Å². The summed E-state index contributed by atoms with van der Waals surface area (Å²) in [5.74, 6) is -0.323. The third kappa shape index (κ3) is 6.36. The molecule has 0 unspecified atom stereocenters. The number of hydrogen-bond donors (Lipinski definition) is 1. The van der Waals surface area contributed by atoms with Crippen LogP contribution in [0.2, 0.25) is 0 Å². The number of rotatable bonds is 6. The van der Waals surface area contributed by atoms with Crippen LogP contribution in [0.1, 0.15) is 36.7 Å². The first-order valence-electron chi connectivity index (χ1n) is 6.52. The summed E-state index contributed by atoms with van der Waals surface area (Å²) in [6.45, 7) is 7.12. The highest BCUT2D eigenvalue weighted by Gasteiger charge is 2.11. The SMILES string of the molecule is CC(C)(C)OCCOC(=O)c1cccc(CCN)c1. The highest BCUT2D eigenvalue weighted by atomic mass is 16.6. The number of carbonyl (C=O) groups excluding carboxylic acids is 1. The maximum Gasteiger partial charge on any atom is 0.338 e. The number of ether oxygens (including phenoxy) is 2. The maximum atomic E-state index is 11.8. The van der Waals surface area contributed by atoms with Crippen molar-refractivity contribution < 1.29 is 14.3 Å². The second-order valence-electron chi connectivity index (χ2n) is 5.34. The van der Waals surface area contributed by atoms with Crippen LogP contribution in [0.5, 0.6) is 0 Å². The van der Waals surface area contributed by atoms with Gasteiger partial charge < -0.3 is 15.2 Å². The minimum Gasteiger partial charge on any atom is -0.460 e. The molecule has 0 atom stereocenters. The average Bonchev–Trinajstić information content (AvgIpc) is 2.34. The van der Waals surface area contributed by atoms with Crippen molar-refractivity contribution in [3.8, 4) is 0 Å². The van der Waals surface area contributed by atoms with Crippen molar-refractivity contribution in [1.29, 1.82) is 0 Å². The van der Waals surface area contributed by atoms with E-state index in [0.717, 1.165) is 12.0 Å². The molecule has 0 radical (unpaired) electrons. The van der Waals surface area contributed by atoms with E-state index >= 15 is 0 Å². The molecule has 0 aliphatic carbocycles. The lowest BCUT2D eigenvalue weighted by molar-refractivity contribution is -0.0281. The Morgan fingerprint density at radius 1 is 1.26 bits per heavy atom. The number of benzene rings is 1. The predicted octanol–water partition coefficient (Wildman–Crippen LogP) is 2.16. The lowest BCUT2D eigenvalue weighted by Gasteiger charge is -2.19. The zero-order chi connectivity index (χ0) is 14.3. The Morgan fingerprint density at radius 3 is 2.63 bits per heavy atom. The highest BCUT2D eigenvalue weighted by Crippen LogP contribution is 2.08. The van der Waals surface area contributed by atoms with Gasteiger partial charge >= 0.3 is 5.97 Å². The highest BCUT2D eigenvalue weighted by molar-refractivity contribution is 5.89. The molecule has 0 spiro atoms. The summed E-state index contributed by atoms with van der Waals surface area (Å²) < 4.78 is 10.6. The molecule has 1 aromatic carbocycles. The van der Waals surface area contributed by atoms with E-state index in [2.05, 4.69) is 0 Å². The zero-order valence-electron chi connectivity index (χ0n) is 11.9. The molecule has 0 aromatic heterocycles. The molecule has 0 saturated carbocycles. The molecule has 0 heterocycles. The number of hydrogen-bond acceptors (Lipinski definition) is 4. The lowest BCUT2D eigenvalue weighted by atomic mass is 10.1. The molecule has 2 N–H and O–H groups in total. The van der Waals surface area contributed by atoms with Crippen LogP contribution >= 0.6 is 0 Å². The van der Waals surface area contributed by atoms with Gasteiger partial charge in [-0.25, -0.2) is 4.79 Å². The minimum absolute atomic E-state index is 0.215. The summed E-state index contributed by atoms with van der Waals surface area (Å²) in [5, 5.41) is 0. The summed E-state index contributed by atoms with van der Waals surface area (Å²) in [4.78, 5) is 11.8. The summed E-state index contributed by atoms with van der Waals surface area (Å²) >= 11 is 0. The van der Waals surface area contributed by atoms with Gasteiger partial charge in [-0.15, -0.1) is 0 Å². The van der Waals surface area contributed by atoms with E-state index in [1.165, 1.54) is 0 Å². The van der Waals surface area contributed by atoms with Gasteiger partial charge in [-0.3, -0.25) is 0 Å². The van der Waals surface area contributed by atoms with Crippen LogP contribution in [-0.2, 0) is 15.9 Å². The van der Waals surface area contributed by atoms with Crippen LogP contribution in [0.15, 0.2) is 24.3 Å². The molecule has 1 rings (SSSR count). The molecule has 0 aliphatic rings. The monoisotopic (exact) mass is 265 g/mol. The predicted molar refractivity (Wildman–Crippen MR) is 75.2 cm³/mol. The average molecular weight is 265 g/mol.